The monoisotopic (exact) mass is 346 g/mol. The number of hydrogen-bond acceptors (Lipinski definition) is 3. The molecule has 1 N–H and O–H groups in total. The van der Waals surface area contributed by atoms with Crippen LogP contribution in [0, 0.1) is 5.92 Å². The van der Waals surface area contributed by atoms with Crippen molar-refractivity contribution in [3.63, 3.8) is 0 Å². The van der Waals surface area contributed by atoms with Crippen molar-refractivity contribution in [1.82, 2.24) is 20.0 Å². The lowest BCUT2D eigenvalue weighted by Gasteiger charge is -2.31. The smallest absolute Gasteiger partial charge is 0.274 e. The molecule has 1 aliphatic heterocycles. The quantitative estimate of drug-likeness (QED) is 0.905. The summed E-state index contributed by atoms with van der Waals surface area (Å²) >= 11 is 6.01. The van der Waals surface area contributed by atoms with Gasteiger partial charge in [-0.25, -0.2) is 4.68 Å². The van der Waals surface area contributed by atoms with Crippen LogP contribution in [0.1, 0.15) is 29.8 Å². The van der Waals surface area contributed by atoms with Gasteiger partial charge in [-0.3, -0.25) is 4.79 Å². The van der Waals surface area contributed by atoms with Crippen LogP contribution >= 0.6 is 11.6 Å². The number of carbonyl (C=O) groups is 1. The summed E-state index contributed by atoms with van der Waals surface area (Å²) in [7, 11) is 1.98. The van der Waals surface area contributed by atoms with Gasteiger partial charge < -0.3 is 10.2 Å². The van der Waals surface area contributed by atoms with Gasteiger partial charge in [0.05, 0.1) is 5.69 Å². The molecule has 0 atom stereocenters. The Bertz CT molecular complexity index is 692. The van der Waals surface area contributed by atoms with E-state index in [1.807, 2.05) is 36.2 Å². The molecule has 0 unspecified atom stereocenters. The van der Waals surface area contributed by atoms with Gasteiger partial charge >= 0.3 is 0 Å². The highest BCUT2D eigenvalue weighted by atomic mass is 35.5. The molecule has 128 valence electrons. The van der Waals surface area contributed by atoms with E-state index in [2.05, 4.69) is 10.4 Å². The zero-order valence-corrected chi connectivity index (χ0v) is 14.7. The second-order valence-electron chi connectivity index (χ2n) is 6.25. The molecule has 6 heteroatoms. The topological polar surface area (TPSA) is 50.2 Å². The van der Waals surface area contributed by atoms with Crippen LogP contribution in [0.15, 0.2) is 36.5 Å². The number of amides is 1. The minimum absolute atomic E-state index is 0.0165. The van der Waals surface area contributed by atoms with E-state index in [0.29, 0.717) is 16.6 Å². The summed E-state index contributed by atoms with van der Waals surface area (Å²) in [4.78, 5) is 14.6. The number of nitrogens with zero attached hydrogens (tertiary/aromatic N) is 3. The van der Waals surface area contributed by atoms with Gasteiger partial charge in [0.25, 0.3) is 5.91 Å². The first-order valence-electron chi connectivity index (χ1n) is 8.43. The molecular weight excluding hydrogens is 324 g/mol. The van der Waals surface area contributed by atoms with Crippen LogP contribution in [-0.4, -0.2) is 47.3 Å². The molecular formula is C18H23ClN4O. The Morgan fingerprint density at radius 1 is 1.33 bits per heavy atom. The van der Waals surface area contributed by atoms with Crippen LogP contribution in [0.25, 0.3) is 5.69 Å². The van der Waals surface area contributed by atoms with Gasteiger partial charge in [-0.1, -0.05) is 17.7 Å². The number of carbonyl (C=O) groups excluding carboxylic acids is 1. The molecule has 0 aliphatic carbocycles. The van der Waals surface area contributed by atoms with Crippen LogP contribution < -0.4 is 5.32 Å². The molecule has 2 heterocycles. The highest BCUT2D eigenvalue weighted by Crippen LogP contribution is 2.21. The third kappa shape index (κ3) is 3.97. The van der Waals surface area contributed by atoms with Crippen LogP contribution in [0.2, 0.25) is 5.02 Å². The maximum Gasteiger partial charge on any atom is 0.274 e. The van der Waals surface area contributed by atoms with Crippen molar-refractivity contribution in [2.75, 3.05) is 26.7 Å². The van der Waals surface area contributed by atoms with Gasteiger partial charge in [0.15, 0.2) is 5.69 Å². The molecule has 0 bridgehead atoms. The Hall–Kier alpha value is -1.85. The lowest BCUT2D eigenvalue weighted by atomic mass is 9.93. The molecule has 0 radical (unpaired) electrons. The molecule has 0 saturated carbocycles. The maximum absolute atomic E-state index is 12.6. The van der Waals surface area contributed by atoms with E-state index < -0.39 is 0 Å². The van der Waals surface area contributed by atoms with Gasteiger partial charge in [-0.05, 0) is 63.0 Å². The van der Waals surface area contributed by atoms with Crippen molar-refractivity contribution in [2.45, 2.75) is 19.3 Å². The van der Waals surface area contributed by atoms with Crippen LogP contribution in [0.3, 0.4) is 0 Å². The number of piperidine rings is 1. The van der Waals surface area contributed by atoms with Gasteiger partial charge in [0.2, 0.25) is 0 Å². The molecule has 1 saturated heterocycles. The third-order valence-electron chi connectivity index (χ3n) is 4.59. The minimum Gasteiger partial charge on any atom is -0.337 e. The zero-order chi connectivity index (χ0) is 16.9. The number of likely N-dealkylation sites (tertiary alicyclic amines) is 1. The fraction of sp³-hybridized carbons (Fsp3) is 0.444. The van der Waals surface area contributed by atoms with Crippen molar-refractivity contribution in [3.05, 3.63) is 47.2 Å². The summed E-state index contributed by atoms with van der Waals surface area (Å²) in [5.41, 5.74) is 1.34. The molecule has 1 fully saturated rings. The number of benzene rings is 1. The number of hydrogen-bond donors (Lipinski definition) is 1. The summed E-state index contributed by atoms with van der Waals surface area (Å²) in [6.07, 6.45) is 5.13. The Labute approximate surface area is 147 Å². The fourth-order valence-corrected chi connectivity index (χ4v) is 3.32. The van der Waals surface area contributed by atoms with Gasteiger partial charge in [0.1, 0.15) is 0 Å². The van der Waals surface area contributed by atoms with Crippen LogP contribution in [0.5, 0.6) is 0 Å². The van der Waals surface area contributed by atoms with Crippen molar-refractivity contribution >= 4 is 17.5 Å². The molecule has 0 spiro atoms. The number of aromatic nitrogens is 2. The second-order valence-corrected chi connectivity index (χ2v) is 6.69. The SMILES string of the molecule is CNCCC1CCN(C(=O)c2ccn(-c3cccc(Cl)c3)n2)CC1. The zero-order valence-electron chi connectivity index (χ0n) is 13.9. The molecule has 2 aromatic rings. The number of rotatable bonds is 5. The molecule has 1 aromatic heterocycles. The third-order valence-corrected chi connectivity index (χ3v) is 4.82. The molecule has 5 nitrogen and oxygen atoms in total. The Kier molecular flexibility index (Phi) is 5.53. The number of nitrogens with one attached hydrogen (secondary N) is 1. The maximum atomic E-state index is 12.6. The van der Waals surface area contributed by atoms with E-state index in [4.69, 9.17) is 11.6 Å². The first-order valence-corrected chi connectivity index (χ1v) is 8.80. The van der Waals surface area contributed by atoms with Crippen molar-refractivity contribution in [1.29, 1.82) is 0 Å². The average Bonchev–Trinajstić information content (AvgIpc) is 3.10. The first-order chi connectivity index (χ1) is 11.7. The van der Waals surface area contributed by atoms with Crippen LogP contribution in [0.4, 0.5) is 0 Å². The van der Waals surface area contributed by atoms with Gasteiger partial charge in [-0.2, -0.15) is 5.10 Å². The lowest BCUT2D eigenvalue weighted by Crippen LogP contribution is -2.39. The van der Waals surface area contributed by atoms with E-state index in [1.165, 1.54) is 6.42 Å². The number of halogens is 1. The van der Waals surface area contributed by atoms with E-state index in [9.17, 15) is 4.79 Å². The Balaban J connectivity index is 1.62. The molecule has 24 heavy (non-hydrogen) atoms. The standard InChI is InChI=1S/C18H23ClN4O/c1-20-9-5-14-6-10-22(11-7-14)18(24)17-8-12-23(21-17)16-4-2-3-15(19)13-16/h2-4,8,12-14,20H,5-7,9-11H2,1H3. The highest BCUT2D eigenvalue weighted by molar-refractivity contribution is 6.30. The van der Waals surface area contributed by atoms with Crippen molar-refractivity contribution in [2.24, 2.45) is 5.92 Å². The molecule has 1 aromatic carbocycles. The highest BCUT2D eigenvalue weighted by Gasteiger charge is 2.24. The van der Waals surface area contributed by atoms with E-state index in [0.717, 1.165) is 38.2 Å². The summed E-state index contributed by atoms with van der Waals surface area (Å²) in [5, 5.41) is 8.27. The molecule has 3 rings (SSSR count). The lowest BCUT2D eigenvalue weighted by molar-refractivity contribution is 0.0680. The van der Waals surface area contributed by atoms with E-state index in [-0.39, 0.29) is 5.91 Å². The van der Waals surface area contributed by atoms with Crippen LogP contribution in [-0.2, 0) is 0 Å². The van der Waals surface area contributed by atoms with Gasteiger partial charge in [0, 0.05) is 24.3 Å². The second kappa shape index (κ2) is 7.81. The average molecular weight is 347 g/mol. The van der Waals surface area contributed by atoms with Gasteiger partial charge in [-0.15, -0.1) is 0 Å². The Morgan fingerprint density at radius 2 is 2.12 bits per heavy atom. The Morgan fingerprint density at radius 3 is 2.83 bits per heavy atom. The first kappa shape index (κ1) is 17.0. The van der Waals surface area contributed by atoms with E-state index in [1.54, 1.807) is 16.9 Å². The largest absolute Gasteiger partial charge is 0.337 e. The normalized spacial score (nSPS) is 15.7. The molecule has 1 amide bonds. The fourth-order valence-electron chi connectivity index (χ4n) is 3.14. The minimum atomic E-state index is 0.0165. The summed E-state index contributed by atoms with van der Waals surface area (Å²) in [6.45, 7) is 2.68. The van der Waals surface area contributed by atoms with Crippen molar-refractivity contribution < 1.29 is 4.79 Å². The van der Waals surface area contributed by atoms with Crippen molar-refractivity contribution in [3.8, 4) is 5.69 Å². The predicted molar refractivity (Wildman–Crippen MR) is 95.7 cm³/mol. The molecule has 1 aliphatic rings. The van der Waals surface area contributed by atoms with E-state index >= 15 is 0 Å². The predicted octanol–water partition coefficient (Wildman–Crippen LogP) is 2.99. The summed E-state index contributed by atoms with van der Waals surface area (Å²) in [6, 6.07) is 9.21. The summed E-state index contributed by atoms with van der Waals surface area (Å²) < 4.78 is 1.69. The summed E-state index contributed by atoms with van der Waals surface area (Å²) in [5.74, 6) is 0.730.